The fourth-order valence-corrected chi connectivity index (χ4v) is 4.24. The highest BCUT2D eigenvalue weighted by Gasteiger charge is 2.33. The minimum Gasteiger partial charge on any atom is -0.303 e. The summed E-state index contributed by atoms with van der Waals surface area (Å²) in [5.41, 5.74) is 0.348. The van der Waals surface area contributed by atoms with E-state index in [1.54, 1.807) is 0 Å². The molecule has 2 aliphatic rings. The first-order valence-electron chi connectivity index (χ1n) is 10.9. The summed E-state index contributed by atoms with van der Waals surface area (Å²) >= 11 is 0. The molecule has 0 radical (unpaired) electrons. The first-order valence-corrected chi connectivity index (χ1v) is 10.9. The van der Waals surface area contributed by atoms with Crippen LogP contribution in [0, 0.1) is 0 Å². The van der Waals surface area contributed by atoms with Gasteiger partial charge in [0.25, 0.3) is 0 Å². The quantitative estimate of drug-likeness (QED) is 0.731. The molecule has 0 aliphatic carbocycles. The summed E-state index contributed by atoms with van der Waals surface area (Å²) in [5, 5.41) is 0. The SMILES string of the molecule is CC.CC(C)N1CCN(C)CC1(C)C.CC(C)N1C[C@H](C)N(C)[C@@H](C)C1. The third kappa shape index (κ3) is 7.84. The van der Waals surface area contributed by atoms with E-state index in [0.717, 1.165) is 0 Å². The Morgan fingerprint density at radius 3 is 1.62 bits per heavy atom. The van der Waals surface area contributed by atoms with Gasteiger partial charge in [0.15, 0.2) is 0 Å². The molecule has 2 rings (SSSR count). The largest absolute Gasteiger partial charge is 0.303 e. The molecule has 0 aromatic carbocycles. The van der Waals surface area contributed by atoms with Crippen LogP contribution in [-0.2, 0) is 0 Å². The van der Waals surface area contributed by atoms with Crippen molar-refractivity contribution < 1.29 is 0 Å². The molecule has 0 aromatic heterocycles. The molecule has 0 saturated carbocycles. The molecule has 0 unspecified atom stereocenters. The lowest BCUT2D eigenvalue weighted by Gasteiger charge is -2.48. The van der Waals surface area contributed by atoms with Crippen molar-refractivity contribution in [2.75, 3.05) is 46.8 Å². The zero-order valence-electron chi connectivity index (χ0n) is 20.1. The van der Waals surface area contributed by atoms with E-state index in [-0.39, 0.29) is 0 Å². The van der Waals surface area contributed by atoms with Gasteiger partial charge in [-0.2, -0.15) is 0 Å². The van der Waals surface area contributed by atoms with Gasteiger partial charge in [-0.1, -0.05) is 13.8 Å². The number of piperazine rings is 2. The van der Waals surface area contributed by atoms with Crippen LogP contribution in [0.4, 0.5) is 0 Å². The van der Waals surface area contributed by atoms with Crippen LogP contribution in [0.5, 0.6) is 0 Å². The summed E-state index contributed by atoms with van der Waals surface area (Å²) in [6, 6.07) is 2.78. The molecule has 4 nitrogen and oxygen atoms in total. The zero-order valence-corrected chi connectivity index (χ0v) is 20.1. The van der Waals surface area contributed by atoms with E-state index >= 15 is 0 Å². The Labute approximate surface area is 165 Å². The fraction of sp³-hybridized carbons (Fsp3) is 1.00. The first kappa shape index (κ1) is 25.8. The van der Waals surface area contributed by atoms with Crippen LogP contribution in [0.25, 0.3) is 0 Å². The monoisotopic (exact) mass is 370 g/mol. The van der Waals surface area contributed by atoms with Gasteiger partial charge >= 0.3 is 0 Å². The summed E-state index contributed by atoms with van der Waals surface area (Å²) in [4.78, 5) is 10.0. The summed E-state index contributed by atoms with van der Waals surface area (Å²) in [7, 11) is 4.44. The van der Waals surface area contributed by atoms with Crippen LogP contribution in [0.1, 0.15) is 69.2 Å². The third-order valence-corrected chi connectivity index (χ3v) is 5.90. The Hall–Kier alpha value is -0.160. The van der Waals surface area contributed by atoms with Gasteiger partial charge in [0.05, 0.1) is 0 Å². The molecule has 0 amide bonds. The normalized spacial score (nSPS) is 28.4. The van der Waals surface area contributed by atoms with Crippen molar-refractivity contribution in [2.24, 2.45) is 0 Å². The van der Waals surface area contributed by atoms with E-state index in [9.17, 15) is 0 Å². The lowest BCUT2D eigenvalue weighted by molar-refractivity contribution is 0.00876. The Morgan fingerprint density at radius 2 is 1.27 bits per heavy atom. The number of rotatable bonds is 2. The maximum absolute atomic E-state index is 2.59. The second-order valence-corrected chi connectivity index (χ2v) is 9.25. The summed E-state index contributed by atoms with van der Waals surface area (Å²) in [5.74, 6) is 0. The summed E-state index contributed by atoms with van der Waals surface area (Å²) in [6.45, 7) is 28.5. The van der Waals surface area contributed by atoms with Crippen molar-refractivity contribution in [3.05, 3.63) is 0 Å². The topological polar surface area (TPSA) is 13.0 Å². The highest BCUT2D eigenvalue weighted by atomic mass is 15.3. The van der Waals surface area contributed by atoms with Gasteiger partial charge < -0.3 is 4.90 Å². The van der Waals surface area contributed by atoms with Crippen LogP contribution in [0.15, 0.2) is 0 Å². The minimum absolute atomic E-state index is 0.348. The molecule has 2 aliphatic heterocycles. The van der Waals surface area contributed by atoms with Crippen molar-refractivity contribution >= 4 is 0 Å². The van der Waals surface area contributed by atoms with Crippen LogP contribution >= 0.6 is 0 Å². The molecule has 2 saturated heterocycles. The van der Waals surface area contributed by atoms with E-state index < -0.39 is 0 Å². The van der Waals surface area contributed by atoms with Gasteiger partial charge in [-0.25, -0.2) is 0 Å². The van der Waals surface area contributed by atoms with Gasteiger partial charge in [0.1, 0.15) is 0 Å². The average molecular weight is 371 g/mol. The molecule has 0 bridgehead atoms. The Balaban J connectivity index is 0.000000439. The number of likely N-dealkylation sites (N-methyl/N-ethyl adjacent to an activating group) is 2. The van der Waals surface area contributed by atoms with Crippen molar-refractivity contribution in [3.8, 4) is 0 Å². The van der Waals surface area contributed by atoms with Crippen LogP contribution in [-0.4, -0.2) is 96.1 Å². The lowest BCUT2D eigenvalue weighted by Crippen LogP contribution is -2.60. The predicted molar refractivity (Wildman–Crippen MR) is 118 cm³/mol. The molecular formula is C22H50N4. The van der Waals surface area contributed by atoms with Gasteiger partial charge in [-0.05, 0) is 69.5 Å². The summed E-state index contributed by atoms with van der Waals surface area (Å²) < 4.78 is 0. The van der Waals surface area contributed by atoms with E-state index in [4.69, 9.17) is 0 Å². The summed E-state index contributed by atoms with van der Waals surface area (Å²) in [6.07, 6.45) is 0. The van der Waals surface area contributed by atoms with Crippen molar-refractivity contribution in [2.45, 2.75) is 98.9 Å². The molecule has 2 heterocycles. The van der Waals surface area contributed by atoms with Gasteiger partial charge in [-0.15, -0.1) is 0 Å². The second kappa shape index (κ2) is 11.6. The van der Waals surface area contributed by atoms with Crippen molar-refractivity contribution in [1.29, 1.82) is 0 Å². The van der Waals surface area contributed by atoms with Crippen LogP contribution < -0.4 is 0 Å². The molecule has 0 spiro atoms. The molecule has 4 heteroatoms. The smallest absolute Gasteiger partial charge is 0.0283 e. The maximum Gasteiger partial charge on any atom is 0.0283 e. The predicted octanol–water partition coefficient (Wildman–Crippen LogP) is 3.87. The highest BCUT2D eigenvalue weighted by Crippen LogP contribution is 2.22. The van der Waals surface area contributed by atoms with Gasteiger partial charge in [-0.3, -0.25) is 14.7 Å². The van der Waals surface area contributed by atoms with E-state index in [1.807, 2.05) is 13.8 Å². The second-order valence-electron chi connectivity index (χ2n) is 9.25. The molecule has 158 valence electrons. The lowest BCUT2D eigenvalue weighted by atomic mass is 9.97. The van der Waals surface area contributed by atoms with Gasteiger partial charge in [0.2, 0.25) is 0 Å². The van der Waals surface area contributed by atoms with Crippen molar-refractivity contribution in [3.63, 3.8) is 0 Å². The minimum atomic E-state index is 0.348. The molecule has 0 N–H and O–H groups in total. The Kier molecular flexibility index (Phi) is 11.6. The fourth-order valence-electron chi connectivity index (χ4n) is 4.24. The maximum atomic E-state index is 2.59. The van der Waals surface area contributed by atoms with E-state index in [0.29, 0.717) is 29.7 Å². The highest BCUT2D eigenvalue weighted by molar-refractivity contribution is 4.90. The van der Waals surface area contributed by atoms with Crippen LogP contribution in [0.3, 0.4) is 0 Å². The molecule has 0 aromatic rings. The Bertz CT molecular complexity index is 355. The van der Waals surface area contributed by atoms with E-state index in [2.05, 4.69) is 89.1 Å². The molecule has 26 heavy (non-hydrogen) atoms. The number of nitrogens with zero attached hydrogens (tertiary/aromatic N) is 4. The van der Waals surface area contributed by atoms with Crippen LogP contribution in [0.2, 0.25) is 0 Å². The molecule has 2 fully saturated rings. The van der Waals surface area contributed by atoms with Crippen molar-refractivity contribution in [1.82, 2.24) is 19.6 Å². The number of hydrogen-bond acceptors (Lipinski definition) is 4. The standard InChI is InChI=1S/2C10H22N2.C2H6/c1-8(2)12-6-9(3)11(5)10(4)7-12;1-9(2)12-7-6-11(5)8-10(12,3)4;1-2/h8-10H,6-7H2,1-5H3;9H,6-8H2,1-5H3;1-2H3/t9-,10-;;/m0../s1. The zero-order chi connectivity index (χ0) is 20.7. The molecule has 2 atom stereocenters. The van der Waals surface area contributed by atoms with E-state index in [1.165, 1.54) is 32.7 Å². The Morgan fingerprint density at radius 1 is 0.808 bits per heavy atom. The average Bonchev–Trinajstić information content (AvgIpc) is 2.53. The number of hydrogen-bond donors (Lipinski definition) is 0. The third-order valence-electron chi connectivity index (χ3n) is 5.90. The first-order chi connectivity index (χ1) is 12.0. The molecular weight excluding hydrogens is 320 g/mol. The van der Waals surface area contributed by atoms with Gasteiger partial charge in [0, 0.05) is 62.4 Å².